The lowest BCUT2D eigenvalue weighted by atomic mass is 10.2. The third-order valence-corrected chi connectivity index (χ3v) is 3.17. The molecule has 0 unspecified atom stereocenters. The Morgan fingerprint density at radius 2 is 2.05 bits per heavy atom. The molecule has 0 atom stereocenters. The largest absolute Gasteiger partial charge is 0.452 e. The highest BCUT2D eigenvalue weighted by molar-refractivity contribution is 9.10. The standard InChI is InChI=1S/C16H14BrNO4/c1-11-4-2-3-5-13(11)18-15(19)10-21-16(20)9-7-12-6-8-14(17)22-12/h2-9H,10H2,1H3,(H,18,19)/b9-7+. The van der Waals surface area contributed by atoms with Gasteiger partial charge in [0.25, 0.3) is 5.91 Å². The maximum absolute atomic E-state index is 11.7. The highest BCUT2D eigenvalue weighted by atomic mass is 79.9. The molecule has 0 radical (unpaired) electrons. The lowest BCUT2D eigenvalue weighted by Crippen LogP contribution is -2.20. The molecule has 114 valence electrons. The van der Waals surface area contributed by atoms with Gasteiger partial charge in [0.1, 0.15) is 5.76 Å². The number of furan rings is 1. The third kappa shape index (κ3) is 4.89. The molecular formula is C16H14BrNO4. The van der Waals surface area contributed by atoms with Crippen molar-refractivity contribution >= 4 is 39.6 Å². The third-order valence-electron chi connectivity index (χ3n) is 2.74. The van der Waals surface area contributed by atoms with Gasteiger partial charge in [-0.1, -0.05) is 18.2 Å². The number of esters is 1. The maximum Gasteiger partial charge on any atom is 0.331 e. The monoisotopic (exact) mass is 363 g/mol. The molecule has 5 nitrogen and oxygen atoms in total. The van der Waals surface area contributed by atoms with Crippen molar-refractivity contribution in [3.05, 3.63) is 58.5 Å². The van der Waals surface area contributed by atoms with E-state index in [0.717, 1.165) is 5.56 Å². The zero-order valence-corrected chi connectivity index (χ0v) is 13.4. The normalized spacial score (nSPS) is 10.6. The fourth-order valence-corrected chi connectivity index (χ4v) is 1.97. The van der Waals surface area contributed by atoms with Crippen molar-refractivity contribution < 1.29 is 18.7 Å². The fraction of sp³-hybridized carbons (Fsp3) is 0.125. The Balaban J connectivity index is 1.80. The number of anilines is 1. The Kier molecular flexibility index (Phi) is 5.55. The van der Waals surface area contributed by atoms with Crippen molar-refractivity contribution in [1.29, 1.82) is 0 Å². The number of para-hydroxylation sites is 1. The molecule has 0 saturated heterocycles. The lowest BCUT2D eigenvalue weighted by molar-refractivity contribution is -0.142. The van der Waals surface area contributed by atoms with Gasteiger partial charge in [-0.2, -0.15) is 0 Å². The van der Waals surface area contributed by atoms with Gasteiger partial charge in [0.05, 0.1) is 0 Å². The topological polar surface area (TPSA) is 68.5 Å². The minimum atomic E-state index is -0.618. The predicted molar refractivity (Wildman–Crippen MR) is 86.2 cm³/mol. The summed E-state index contributed by atoms with van der Waals surface area (Å²) >= 11 is 3.16. The van der Waals surface area contributed by atoms with E-state index in [0.29, 0.717) is 16.1 Å². The Labute approximate surface area is 136 Å². The summed E-state index contributed by atoms with van der Waals surface area (Å²) in [5.74, 6) is -0.502. The summed E-state index contributed by atoms with van der Waals surface area (Å²) in [6.07, 6.45) is 2.67. The van der Waals surface area contributed by atoms with Gasteiger partial charge in [-0.15, -0.1) is 0 Å². The van der Waals surface area contributed by atoms with Crippen LogP contribution in [-0.4, -0.2) is 18.5 Å². The number of aryl methyl sites for hydroxylation is 1. The van der Waals surface area contributed by atoms with Crippen LogP contribution in [0.25, 0.3) is 6.08 Å². The number of benzene rings is 1. The smallest absolute Gasteiger partial charge is 0.331 e. The molecule has 2 rings (SSSR count). The van der Waals surface area contributed by atoms with Gasteiger partial charge in [0.2, 0.25) is 0 Å². The van der Waals surface area contributed by atoms with Crippen molar-refractivity contribution in [2.24, 2.45) is 0 Å². The highest BCUT2D eigenvalue weighted by Crippen LogP contribution is 2.15. The first-order valence-electron chi connectivity index (χ1n) is 6.50. The molecule has 1 amide bonds. The maximum atomic E-state index is 11.7. The van der Waals surface area contributed by atoms with Gasteiger partial charge in [-0.3, -0.25) is 4.79 Å². The summed E-state index contributed by atoms with van der Waals surface area (Å²) < 4.78 is 10.6. The average molecular weight is 364 g/mol. The van der Waals surface area contributed by atoms with Crippen LogP contribution in [0.1, 0.15) is 11.3 Å². The quantitative estimate of drug-likeness (QED) is 0.651. The molecule has 0 aliphatic carbocycles. The van der Waals surface area contributed by atoms with E-state index < -0.39 is 11.9 Å². The number of carbonyl (C=O) groups is 2. The van der Waals surface area contributed by atoms with Crippen molar-refractivity contribution in [2.45, 2.75) is 6.92 Å². The first-order chi connectivity index (χ1) is 10.5. The second kappa shape index (κ2) is 7.61. The number of rotatable bonds is 5. The van der Waals surface area contributed by atoms with Crippen LogP contribution in [0, 0.1) is 6.92 Å². The average Bonchev–Trinajstić information content (AvgIpc) is 2.91. The van der Waals surface area contributed by atoms with Gasteiger partial charge < -0.3 is 14.5 Å². The minimum absolute atomic E-state index is 0.348. The van der Waals surface area contributed by atoms with Gasteiger partial charge in [-0.25, -0.2) is 4.79 Å². The molecule has 0 bridgehead atoms. The zero-order chi connectivity index (χ0) is 15.9. The molecule has 22 heavy (non-hydrogen) atoms. The van der Waals surface area contributed by atoms with E-state index in [-0.39, 0.29) is 6.61 Å². The number of ether oxygens (including phenoxy) is 1. The molecular weight excluding hydrogens is 350 g/mol. The van der Waals surface area contributed by atoms with Crippen LogP contribution >= 0.6 is 15.9 Å². The molecule has 6 heteroatoms. The molecule has 0 fully saturated rings. The Morgan fingerprint density at radius 1 is 1.27 bits per heavy atom. The van der Waals surface area contributed by atoms with E-state index in [1.165, 1.54) is 12.2 Å². The summed E-state index contributed by atoms with van der Waals surface area (Å²) in [5.41, 5.74) is 1.63. The van der Waals surface area contributed by atoms with Crippen molar-refractivity contribution in [2.75, 3.05) is 11.9 Å². The minimum Gasteiger partial charge on any atom is -0.452 e. The second-order valence-corrected chi connectivity index (χ2v) is 5.23. The predicted octanol–water partition coefficient (Wildman–Crippen LogP) is 3.55. The summed E-state index contributed by atoms with van der Waals surface area (Å²) in [4.78, 5) is 23.2. The van der Waals surface area contributed by atoms with Gasteiger partial charge >= 0.3 is 5.97 Å². The lowest BCUT2D eigenvalue weighted by Gasteiger charge is -2.07. The van der Waals surface area contributed by atoms with E-state index in [4.69, 9.17) is 9.15 Å². The molecule has 1 aromatic carbocycles. The van der Waals surface area contributed by atoms with E-state index >= 15 is 0 Å². The van der Waals surface area contributed by atoms with E-state index in [1.807, 2.05) is 25.1 Å². The fourth-order valence-electron chi connectivity index (χ4n) is 1.65. The van der Waals surface area contributed by atoms with Gasteiger partial charge in [0.15, 0.2) is 11.3 Å². The van der Waals surface area contributed by atoms with E-state index in [1.54, 1.807) is 18.2 Å². The van der Waals surface area contributed by atoms with Gasteiger partial charge in [0, 0.05) is 11.8 Å². The molecule has 1 N–H and O–H groups in total. The van der Waals surface area contributed by atoms with E-state index in [2.05, 4.69) is 21.2 Å². The first-order valence-corrected chi connectivity index (χ1v) is 7.29. The molecule has 0 aliphatic rings. The number of amides is 1. The number of carbonyl (C=O) groups excluding carboxylic acids is 2. The van der Waals surface area contributed by atoms with Crippen LogP contribution in [0.2, 0.25) is 0 Å². The highest BCUT2D eigenvalue weighted by Gasteiger charge is 2.07. The Hall–Kier alpha value is -2.34. The summed E-state index contributed by atoms with van der Waals surface area (Å²) in [5, 5.41) is 2.68. The van der Waals surface area contributed by atoms with E-state index in [9.17, 15) is 9.59 Å². The van der Waals surface area contributed by atoms with Crippen LogP contribution in [0.15, 0.2) is 51.6 Å². The SMILES string of the molecule is Cc1ccccc1NC(=O)COC(=O)/C=C/c1ccc(Br)o1. The number of halogens is 1. The summed E-state index contributed by atoms with van der Waals surface area (Å²) in [7, 11) is 0. The molecule has 2 aromatic rings. The van der Waals surface area contributed by atoms with Crippen molar-refractivity contribution in [3.8, 4) is 0 Å². The Bertz CT molecular complexity index is 706. The molecule has 0 aliphatic heterocycles. The van der Waals surface area contributed by atoms with Crippen molar-refractivity contribution in [3.63, 3.8) is 0 Å². The van der Waals surface area contributed by atoms with Crippen LogP contribution in [-0.2, 0) is 14.3 Å². The molecule has 0 spiro atoms. The number of hydrogen-bond donors (Lipinski definition) is 1. The molecule has 0 saturated carbocycles. The summed E-state index contributed by atoms with van der Waals surface area (Å²) in [6, 6.07) is 10.8. The second-order valence-electron chi connectivity index (χ2n) is 4.45. The number of hydrogen-bond acceptors (Lipinski definition) is 4. The first kappa shape index (κ1) is 16.0. The van der Waals surface area contributed by atoms with Crippen molar-refractivity contribution in [1.82, 2.24) is 0 Å². The molecule has 1 aromatic heterocycles. The van der Waals surface area contributed by atoms with Crippen LogP contribution in [0.3, 0.4) is 0 Å². The summed E-state index contributed by atoms with van der Waals surface area (Å²) in [6.45, 7) is 1.53. The number of nitrogens with one attached hydrogen (secondary N) is 1. The van der Waals surface area contributed by atoms with Crippen LogP contribution in [0.5, 0.6) is 0 Å². The Morgan fingerprint density at radius 3 is 2.73 bits per heavy atom. The molecule has 1 heterocycles. The van der Waals surface area contributed by atoms with Crippen LogP contribution in [0.4, 0.5) is 5.69 Å². The zero-order valence-electron chi connectivity index (χ0n) is 11.8. The van der Waals surface area contributed by atoms with Gasteiger partial charge in [-0.05, 0) is 52.7 Å². The van der Waals surface area contributed by atoms with Crippen LogP contribution < -0.4 is 5.32 Å².